The normalized spacial score (nSPS) is 16.1. The third-order valence-corrected chi connectivity index (χ3v) is 3.84. The van der Waals surface area contributed by atoms with Gasteiger partial charge in [0.2, 0.25) is 5.91 Å². The summed E-state index contributed by atoms with van der Waals surface area (Å²) in [5.41, 5.74) is -0.185. The second kappa shape index (κ2) is 7.18. The van der Waals surface area contributed by atoms with Gasteiger partial charge in [-0.25, -0.2) is 0 Å². The van der Waals surface area contributed by atoms with Crippen molar-refractivity contribution in [2.45, 2.75) is 25.2 Å². The zero-order valence-electron chi connectivity index (χ0n) is 11.7. The van der Waals surface area contributed by atoms with E-state index in [2.05, 4.69) is 10.2 Å². The van der Waals surface area contributed by atoms with Gasteiger partial charge in [-0.2, -0.15) is 8.78 Å². The Bertz CT molecular complexity index is 490. The van der Waals surface area contributed by atoms with Gasteiger partial charge in [0.05, 0.1) is 6.54 Å². The first kappa shape index (κ1) is 16.2. The molecular formula is C15H19ClF2N2O. The summed E-state index contributed by atoms with van der Waals surface area (Å²) >= 11 is 5.71. The SMILES string of the molecule is O=C(CCN1CCCC1)NCC(F)(F)c1cccc(Cl)c1. The predicted molar refractivity (Wildman–Crippen MR) is 78.6 cm³/mol. The minimum absolute atomic E-state index is 0.185. The van der Waals surface area contributed by atoms with Gasteiger partial charge in [-0.15, -0.1) is 0 Å². The maximum Gasteiger partial charge on any atom is 0.290 e. The van der Waals surface area contributed by atoms with Crippen LogP contribution in [0, 0.1) is 0 Å². The Labute approximate surface area is 128 Å². The lowest BCUT2D eigenvalue weighted by Gasteiger charge is -2.18. The fourth-order valence-electron chi connectivity index (χ4n) is 2.38. The van der Waals surface area contributed by atoms with Crippen LogP contribution in [0.25, 0.3) is 0 Å². The summed E-state index contributed by atoms with van der Waals surface area (Å²) in [6.45, 7) is 1.92. The molecule has 0 saturated carbocycles. The topological polar surface area (TPSA) is 32.3 Å². The summed E-state index contributed by atoms with van der Waals surface area (Å²) in [6.07, 6.45) is 2.55. The van der Waals surface area contributed by atoms with Gasteiger partial charge in [-0.1, -0.05) is 23.7 Å². The third kappa shape index (κ3) is 4.93. The number of nitrogens with zero attached hydrogens (tertiary/aromatic N) is 1. The van der Waals surface area contributed by atoms with E-state index < -0.39 is 12.5 Å². The molecule has 1 aromatic carbocycles. The van der Waals surface area contributed by atoms with Crippen LogP contribution in [-0.4, -0.2) is 37.0 Å². The Morgan fingerprint density at radius 2 is 2.05 bits per heavy atom. The van der Waals surface area contributed by atoms with E-state index >= 15 is 0 Å². The van der Waals surface area contributed by atoms with Crippen LogP contribution in [0.5, 0.6) is 0 Å². The van der Waals surface area contributed by atoms with E-state index in [9.17, 15) is 13.6 Å². The standard InChI is InChI=1S/C15H19ClF2N2O/c16-13-5-3-4-12(10-13)15(17,18)11-19-14(21)6-9-20-7-1-2-8-20/h3-5,10H,1-2,6-9,11H2,(H,19,21). The summed E-state index contributed by atoms with van der Waals surface area (Å²) in [6, 6.07) is 5.54. The van der Waals surface area contributed by atoms with Gasteiger partial charge in [-0.05, 0) is 38.1 Å². The van der Waals surface area contributed by atoms with Gasteiger partial charge >= 0.3 is 0 Å². The van der Waals surface area contributed by atoms with Gasteiger partial charge in [0, 0.05) is 23.6 Å². The Morgan fingerprint density at radius 1 is 1.33 bits per heavy atom. The van der Waals surface area contributed by atoms with Crippen LogP contribution < -0.4 is 5.32 Å². The summed E-state index contributed by atoms with van der Waals surface area (Å²) < 4.78 is 27.9. The summed E-state index contributed by atoms with van der Waals surface area (Å²) in [5, 5.41) is 2.56. The molecule has 1 heterocycles. The average Bonchev–Trinajstić information content (AvgIpc) is 2.96. The maximum absolute atomic E-state index is 14.0. The highest BCUT2D eigenvalue weighted by atomic mass is 35.5. The Kier molecular flexibility index (Phi) is 5.53. The first-order valence-electron chi connectivity index (χ1n) is 7.10. The number of amides is 1. The van der Waals surface area contributed by atoms with Gasteiger partial charge in [-0.3, -0.25) is 4.79 Å². The van der Waals surface area contributed by atoms with Crippen LogP contribution in [0.1, 0.15) is 24.8 Å². The Hall–Kier alpha value is -1.20. The van der Waals surface area contributed by atoms with Gasteiger partial charge in [0.1, 0.15) is 0 Å². The summed E-state index contributed by atoms with van der Waals surface area (Å²) in [4.78, 5) is 13.8. The van der Waals surface area contributed by atoms with Crippen LogP contribution in [-0.2, 0) is 10.7 Å². The average molecular weight is 317 g/mol. The quantitative estimate of drug-likeness (QED) is 0.875. The number of halogens is 3. The third-order valence-electron chi connectivity index (χ3n) is 3.61. The van der Waals surface area contributed by atoms with Crippen molar-refractivity contribution in [2.75, 3.05) is 26.2 Å². The molecule has 21 heavy (non-hydrogen) atoms. The molecule has 1 aliphatic heterocycles. The molecule has 1 saturated heterocycles. The minimum Gasteiger partial charge on any atom is -0.350 e. The highest BCUT2D eigenvalue weighted by Gasteiger charge is 2.32. The van der Waals surface area contributed by atoms with Gasteiger partial charge < -0.3 is 10.2 Å². The molecule has 0 bridgehead atoms. The molecule has 1 aliphatic rings. The smallest absolute Gasteiger partial charge is 0.290 e. The monoisotopic (exact) mass is 316 g/mol. The second-order valence-corrected chi connectivity index (χ2v) is 5.73. The van der Waals surface area contributed by atoms with Crippen molar-refractivity contribution >= 4 is 17.5 Å². The second-order valence-electron chi connectivity index (χ2n) is 5.29. The Morgan fingerprint density at radius 3 is 2.71 bits per heavy atom. The molecule has 0 atom stereocenters. The highest BCUT2D eigenvalue weighted by molar-refractivity contribution is 6.30. The molecule has 1 N–H and O–H groups in total. The van der Waals surface area contributed by atoms with E-state index in [-0.39, 0.29) is 22.9 Å². The van der Waals surface area contributed by atoms with Crippen molar-refractivity contribution < 1.29 is 13.6 Å². The number of alkyl halides is 2. The molecule has 6 heteroatoms. The maximum atomic E-state index is 14.0. The number of carbonyl (C=O) groups is 1. The van der Waals surface area contributed by atoms with Crippen LogP contribution in [0.3, 0.4) is 0 Å². The lowest BCUT2D eigenvalue weighted by Crippen LogP contribution is -2.36. The first-order chi connectivity index (χ1) is 9.97. The zero-order chi connectivity index (χ0) is 15.3. The molecule has 0 radical (unpaired) electrons. The Balaban J connectivity index is 1.79. The number of likely N-dealkylation sites (tertiary alicyclic amines) is 1. The molecule has 1 fully saturated rings. The van der Waals surface area contributed by atoms with E-state index in [4.69, 9.17) is 11.6 Å². The summed E-state index contributed by atoms with van der Waals surface area (Å²) in [7, 11) is 0. The number of hydrogen-bond donors (Lipinski definition) is 1. The largest absolute Gasteiger partial charge is 0.350 e. The van der Waals surface area contributed by atoms with Crippen molar-refractivity contribution in [2.24, 2.45) is 0 Å². The molecule has 0 aliphatic carbocycles. The molecule has 116 valence electrons. The van der Waals surface area contributed by atoms with Crippen molar-refractivity contribution in [1.29, 1.82) is 0 Å². The van der Waals surface area contributed by atoms with Crippen LogP contribution in [0.2, 0.25) is 5.02 Å². The van der Waals surface area contributed by atoms with E-state index in [0.717, 1.165) is 25.9 Å². The lowest BCUT2D eigenvalue weighted by molar-refractivity contribution is -0.123. The molecule has 0 spiro atoms. The molecule has 0 aromatic heterocycles. The van der Waals surface area contributed by atoms with E-state index in [1.165, 1.54) is 24.3 Å². The fourth-order valence-corrected chi connectivity index (χ4v) is 2.57. The van der Waals surface area contributed by atoms with Crippen LogP contribution >= 0.6 is 11.6 Å². The van der Waals surface area contributed by atoms with Crippen molar-refractivity contribution in [1.82, 2.24) is 10.2 Å². The zero-order valence-corrected chi connectivity index (χ0v) is 12.5. The number of hydrogen-bond acceptors (Lipinski definition) is 2. The number of rotatable bonds is 6. The first-order valence-corrected chi connectivity index (χ1v) is 7.48. The van der Waals surface area contributed by atoms with Crippen molar-refractivity contribution in [3.8, 4) is 0 Å². The highest BCUT2D eigenvalue weighted by Crippen LogP contribution is 2.28. The van der Waals surface area contributed by atoms with Crippen molar-refractivity contribution in [3.05, 3.63) is 34.9 Å². The molecule has 1 amide bonds. The lowest BCUT2D eigenvalue weighted by atomic mass is 10.1. The number of nitrogens with one attached hydrogen (secondary N) is 1. The molecular weight excluding hydrogens is 298 g/mol. The van der Waals surface area contributed by atoms with Crippen LogP contribution in [0.15, 0.2) is 24.3 Å². The van der Waals surface area contributed by atoms with E-state index in [1.54, 1.807) is 0 Å². The minimum atomic E-state index is -3.12. The van der Waals surface area contributed by atoms with Crippen molar-refractivity contribution in [3.63, 3.8) is 0 Å². The van der Waals surface area contributed by atoms with Crippen LogP contribution in [0.4, 0.5) is 8.78 Å². The molecule has 3 nitrogen and oxygen atoms in total. The number of benzene rings is 1. The number of carbonyl (C=O) groups excluding carboxylic acids is 1. The summed E-state index contributed by atoms with van der Waals surface area (Å²) in [5.74, 6) is -3.46. The van der Waals surface area contributed by atoms with E-state index in [0.29, 0.717) is 6.54 Å². The van der Waals surface area contributed by atoms with E-state index in [1.807, 2.05) is 0 Å². The van der Waals surface area contributed by atoms with Gasteiger partial charge in [0.25, 0.3) is 5.92 Å². The van der Waals surface area contributed by atoms with Gasteiger partial charge in [0.15, 0.2) is 0 Å². The molecule has 1 aromatic rings. The molecule has 2 rings (SSSR count). The predicted octanol–water partition coefficient (Wildman–Crippen LogP) is 3.03. The molecule has 0 unspecified atom stereocenters. The fraction of sp³-hybridized carbons (Fsp3) is 0.533.